The zero-order valence-corrected chi connectivity index (χ0v) is 22.0. The molecule has 3 aromatic rings. The molecule has 11 heteroatoms. The van der Waals surface area contributed by atoms with Crippen LogP contribution in [0.25, 0.3) is 10.2 Å². The van der Waals surface area contributed by atoms with E-state index < -0.39 is 25.8 Å². The number of sulfone groups is 1. The molecule has 0 bridgehead atoms. The lowest BCUT2D eigenvalue weighted by atomic mass is 10.1. The van der Waals surface area contributed by atoms with Crippen LogP contribution < -0.4 is 4.80 Å². The second-order valence-electron chi connectivity index (χ2n) is 8.59. The molecule has 186 valence electrons. The normalized spacial score (nSPS) is 18.1. The van der Waals surface area contributed by atoms with Crippen LogP contribution in [0.4, 0.5) is 0 Å². The maximum atomic E-state index is 13.0. The monoisotopic (exact) mass is 533 g/mol. The number of amides is 1. The highest BCUT2D eigenvalue weighted by atomic mass is 32.2. The molecule has 0 N–H and O–H groups in total. The molecule has 0 radical (unpaired) electrons. The molecule has 1 amide bonds. The van der Waals surface area contributed by atoms with E-state index in [1.807, 2.05) is 6.92 Å². The number of nitrogens with zero attached hydrogens (tertiary/aromatic N) is 3. The Balaban J connectivity index is 1.68. The third-order valence-electron chi connectivity index (χ3n) is 6.04. The van der Waals surface area contributed by atoms with E-state index in [1.54, 1.807) is 22.8 Å². The Morgan fingerprint density at radius 1 is 1.11 bits per heavy atom. The molecule has 1 aliphatic rings. The van der Waals surface area contributed by atoms with Gasteiger partial charge in [0.15, 0.2) is 14.6 Å². The van der Waals surface area contributed by atoms with Gasteiger partial charge < -0.3 is 4.57 Å². The van der Waals surface area contributed by atoms with Crippen LogP contribution >= 0.6 is 11.3 Å². The van der Waals surface area contributed by atoms with Crippen LogP contribution in [0.1, 0.15) is 36.5 Å². The topological polar surface area (TPSA) is 106 Å². The molecule has 1 atom stereocenters. The second-order valence-corrected chi connectivity index (χ2v) is 13.5. The van der Waals surface area contributed by atoms with Crippen LogP contribution in [0.5, 0.6) is 0 Å². The summed E-state index contributed by atoms with van der Waals surface area (Å²) in [6.45, 7) is 6.55. The zero-order chi connectivity index (χ0) is 25.4. The van der Waals surface area contributed by atoms with Crippen LogP contribution in [0.15, 0.2) is 69.9 Å². The fourth-order valence-electron chi connectivity index (χ4n) is 4.16. The van der Waals surface area contributed by atoms with Crippen molar-refractivity contribution in [2.45, 2.75) is 48.6 Å². The molecule has 35 heavy (non-hydrogen) atoms. The van der Waals surface area contributed by atoms with E-state index in [2.05, 4.69) is 11.6 Å². The summed E-state index contributed by atoms with van der Waals surface area (Å²) in [6.07, 6.45) is 5.50. The molecule has 2 aromatic carbocycles. The van der Waals surface area contributed by atoms with E-state index >= 15 is 0 Å². The molecular formula is C24H27N3O5S3. The van der Waals surface area contributed by atoms with Gasteiger partial charge in [-0.05, 0) is 62.2 Å². The Bertz CT molecular complexity index is 1570. The van der Waals surface area contributed by atoms with Crippen LogP contribution in [-0.2, 0) is 26.4 Å². The summed E-state index contributed by atoms with van der Waals surface area (Å²) in [5.74, 6) is -0.520. The number of piperidine rings is 1. The molecule has 2 heterocycles. The number of benzene rings is 2. The van der Waals surface area contributed by atoms with E-state index in [9.17, 15) is 21.6 Å². The average Bonchev–Trinajstić information content (AvgIpc) is 3.15. The molecule has 4 rings (SSSR count). The van der Waals surface area contributed by atoms with Crippen molar-refractivity contribution in [3.8, 4) is 0 Å². The summed E-state index contributed by atoms with van der Waals surface area (Å²) in [7, 11) is -7.01. The van der Waals surface area contributed by atoms with Gasteiger partial charge in [0.25, 0.3) is 5.91 Å². The highest BCUT2D eigenvalue weighted by Crippen LogP contribution is 2.26. The molecule has 0 aliphatic carbocycles. The van der Waals surface area contributed by atoms with E-state index in [1.165, 1.54) is 46.0 Å². The first-order valence-corrected chi connectivity index (χ1v) is 15.3. The number of hydrogen-bond acceptors (Lipinski definition) is 6. The average molecular weight is 534 g/mol. The summed E-state index contributed by atoms with van der Waals surface area (Å²) in [5.41, 5.74) is 1.00. The molecular weight excluding hydrogens is 506 g/mol. The molecule has 0 spiro atoms. The number of sulfonamides is 1. The SMILES string of the molecule is C=CCn1c(=NC(=O)c2ccc(S(=O)(=O)N3CCCCC3C)cc2)sc2cc(S(C)(=O)=O)ccc21. The van der Waals surface area contributed by atoms with Gasteiger partial charge in [-0.1, -0.05) is 23.8 Å². The van der Waals surface area contributed by atoms with Crippen molar-refractivity contribution in [1.82, 2.24) is 8.87 Å². The summed E-state index contributed by atoms with van der Waals surface area (Å²) in [6, 6.07) is 10.6. The molecule has 1 aliphatic heterocycles. The standard InChI is InChI=1S/C24H27N3O5S3/c1-4-14-26-21-13-12-20(34(3,29)30)16-22(21)33-24(26)25-23(28)18-8-10-19(11-9-18)35(31,32)27-15-6-5-7-17(27)2/h4,8-13,16-17H,1,5-7,14-15H2,2-3H3. The first kappa shape index (κ1) is 25.5. The molecule has 1 saturated heterocycles. The smallest absolute Gasteiger partial charge is 0.279 e. The largest absolute Gasteiger partial charge is 0.312 e. The molecule has 1 fully saturated rings. The van der Waals surface area contributed by atoms with Crippen LogP contribution in [0.3, 0.4) is 0 Å². The number of allylic oxidation sites excluding steroid dienone is 1. The second kappa shape index (κ2) is 9.81. The highest BCUT2D eigenvalue weighted by Gasteiger charge is 2.30. The Morgan fingerprint density at radius 2 is 1.80 bits per heavy atom. The van der Waals surface area contributed by atoms with Crippen molar-refractivity contribution in [3.63, 3.8) is 0 Å². The number of hydrogen-bond donors (Lipinski definition) is 0. The van der Waals surface area contributed by atoms with Crippen molar-refractivity contribution in [2.24, 2.45) is 4.99 Å². The van der Waals surface area contributed by atoms with Crippen molar-refractivity contribution in [3.05, 3.63) is 65.5 Å². The lowest BCUT2D eigenvalue weighted by Gasteiger charge is -2.32. The van der Waals surface area contributed by atoms with E-state index in [0.29, 0.717) is 22.6 Å². The van der Waals surface area contributed by atoms with Crippen molar-refractivity contribution in [1.29, 1.82) is 0 Å². The Labute approximate surface area is 209 Å². The minimum Gasteiger partial charge on any atom is -0.312 e. The Morgan fingerprint density at radius 3 is 2.43 bits per heavy atom. The third-order valence-corrected chi connectivity index (χ3v) is 10.2. The molecule has 0 saturated carbocycles. The number of carbonyl (C=O) groups is 1. The van der Waals surface area contributed by atoms with Gasteiger partial charge in [0.2, 0.25) is 10.0 Å². The van der Waals surface area contributed by atoms with Crippen LogP contribution in [0.2, 0.25) is 0 Å². The number of thiazole rings is 1. The highest BCUT2D eigenvalue weighted by molar-refractivity contribution is 7.90. The van der Waals surface area contributed by atoms with Crippen molar-refractivity contribution >= 4 is 47.3 Å². The van der Waals surface area contributed by atoms with Gasteiger partial charge in [-0.25, -0.2) is 16.8 Å². The summed E-state index contributed by atoms with van der Waals surface area (Å²) < 4.78 is 53.9. The van der Waals surface area contributed by atoms with E-state index in [-0.39, 0.29) is 21.4 Å². The predicted octanol–water partition coefficient (Wildman–Crippen LogP) is 3.60. The lowest BCUT2D eigenvalue weighted by molar-refractivity contribution is 0.0997. The summed E-state index contributed by atoms with van der Waals surface area (Å²) in [5, 5.41) is 0. The van der Waals surface area contributed by atoms with Gasteiger partial charge in [0.1, 0.15) is 0 Å². The van der Waals surface area contributed by atoms with E-state index in [4.69, 9.17) is 0 Å². The molecule has 1 unspecified atom stereocenters. The number of fused-ring (bicyclic) bond motifs is 1. The van der Waals surface area contributed by atoms with Gasteiger partial charge in [0, 0.05) is 31.0 Å². The first-order valence-electron chi connectivity index (χ1n) is 11.2. The number of rotatable bonds is 6. The summed E-state index contributed by atoms with van der Waals surface area (Å²) in [4.78, 5) is 17.9. The van der Waals surface area contributed by atoms with Gasteiger partial charge in [0.05, 0.1) is 20.0 Å². The third kappa shape index (κ3) is 5.18. The molecule has 1 aromatic heterocycles. The van der Waals surface area contributed by atoms with E-state index in [0.717, 1.165) is 31.0 Å². The fraction of sp³-hybridized carbons (Fsp3) is 0.333. The maximum Gasteiger partial charge on any atom is 0.279 e. The van der Waals surface area contributed by atoms with Gasteiger partial charge in [-0.2, -0.15) is 9.30 Å². The van der Waals surface area contributed by atoms with Crippen LogP contribution in [0, 0.1) is 0 Å². The lowest BCUT2D eigenvalue weighted by Crippen LogP contribution is -2.41. The minimum absolute atomic E-state index is 0.0541. The Kier molecular flexibility index (Phi) is 7.14. The fourth-order valence-corrected chi connectivity index (χ4v) is 7.66. The Hall–Kier alpha value is -2.60. The van der Waals surface area contributed by atoms with Gasteiger partial charge >= 0.3 is 0 Å². The summed E-state index contributed by atoms with van der Waals surface area (Å²) >= 11 is 1.20. The maximum absolute atomic E-state index is 13.0. The number of carbonyl (C=O) groups excluding carboxylic acids is 1. The minimum atomic E-state index is -3.63. The van der Waals surface area contributed by atoms with Crippen molar-refractivity contribution in [2.75, 3.05) is 12.8 Å². The zero-order valence-electron chi connectivity index (χ0n) is 19.5. The number of aromatic nitrogens is 1. The predicted molar refractivity (Wildman–Crippen MR) is 137 cm³/mol. The molecule has 8 nitrogen and oxygen atoms in total. The first-order chi connectivity index (χ1) is 16.5. The van der Waals surface area contributed by atoms with Crippen LogP contribution in [-0.4, -0.2) is 50.5 Å². The van der Waals surface area contributed by atoms with Crippen molar-refractivity contribution < 1.29 is 21.6 Å². The quantitative estimate of drug-likeness (QED) is 0.450. The van der Waals surface area contributed by atoms with Gasteiger partial charge in [-0.15, -0.1) is 6.58 Å². The van der Waals surface area contributed by atoms with Gasteiger partial charge in [-0.3, -0.25) is 4.79 Å².